The summed E-state index contributed by atoms with van der Waals surface area (Å²) in [5.74, 6) is 0.497. The van der Waals surface area contributed by atoms with Crippen molar-refractivity contribution in [2.24, 2.45) is 5.73 Å². The molecule has 1 unspecified atom stereocenters. The number of nitrogens with one attached hydrogen (secondary N) is 1. The summed E-state index contributed by atoms with van der Waals surface area (Å²) in [6.45, 7) is 5.37. The number of aryl methyl sites for hydroxylation is 1. The lowest BCUT2D eigenvalue weighted by atomic mass is 9.99. The number of carbonyl (C=O) groups excluding carboxylic acids is 1. The zero-order valence-corrected chi connectivity index (χ0v) is 17.8. The predicted octanol–water partition coefficient (Wildman–Crippen LogP) is 4.21. The highest BCUT2D eigenvalue weighted by atomic mass is 35.5. The van der Waals surface area contributed by atoms with Crippen molar-refractivity contribution in [3.05, 3.63) is 66.0 Å². The number of halogens is 2. The fourth-order valence-electron chi connectivity index (χ4n) is 2.97. The van der Waals surface area contributed by atoms with Crippen LogP contribution in [0.3, 0.4) is 0 Å². The van der Waals surface area contributed by atoms with E-state index in [1.807, 2.05) is 41.0 Å². The Kier molecular flexibility index (Phi) is 9.46. The maximum Gasteiger partial charge on any atom is 0.221 e. The first-order chi connectivity index (χ1) is 12.5. The largest absolute Gasteiger partial charge is 0.354 e. The Labute approximate surface area is 178 Å². The Balaban J connectivity index is 0.00000196. The number of para-hydroxylation sites is 2. The van der Waals surface area contributed by atoms with Crippen LogP contribution in [0.15, 0.2) is 54.9 Å². The second-order valence-electron chi connectivity index (χ2n) is 6.91. The molecule has 3 aromatic rings. The lowest BCUT2D eigenvalue weighted by molar-refractivity contribution is -0.121. The summed E-state index contributed by atoms with van der Waals surface area (Å²) in [7, 11) is 0. The van der Waals surface area contributed by atoms with Crippen molar-refractivity contribution >= 4 is 41.8 Å². The van der Waals surface area contributed by atoms with E-state index in [0.717, 1.165) is 16.6 Å². The van der Waals surface area contributed by atoms with Crippen molar-refractivity contribution in [2.45, 2.75) is 38.8 Å². The van der Waals surface area contributed by atoms with Gasteiger partial charge in [0.1, 0.15) is 0 Å². The quantitative estimate of drug-likeness (QED) is 0.598. The van der Waals surface area contributed by atoms with E-state index in [4.69, 9.17) is 5.73 Å². The molecule has 0 fully saturated rings. The van der Waals surface area contributed by atoms with Gasteiger partial charge in [0.2, 0.25) is 5.91 Å². The van der Waals surface area contributed by atoms with E-state index in [0.29, 0.717) is 25.4 Å². The molecule has 0 radical (unpaired) electrons. The third-order valence-electron chi connectivity index (χ3n) is 4.66. The molecule has 0 aliphatic rings. The number of nitrogens with zero attached hydrogens (tertiary/aromatic N) is 2. The number of fused-ring (bicyclic) bond motifs is 1. The van der Waals surface area contributed by atoms with Crippen molar-refractivity contribution < 1.29 is 4.79 Å². The molecule has 2 aromatic carbocycles. The first-order valence-electron chi connectivity index (χ1n) is 9.06. The molecule has 1 heterocycles. The number of hydrogen-bond acceptors (Lipinski definition) is 3. The van der Waals surface area contributed by atoms with Crippen LogP contribution < -0.4 is 11.1 Å². The fourth-order valence-corrected chi connectivity index (χ4v) is 2.97. The zero-order valence-electron chi connectivity index (χ0n) is 16.2. The number of benzene rings is 2. The maximum atomic E-state index is 12.2. The number of amides is 1. The van der Waals surface area contributed by atoms with Gasteiger partial charge in [0.15, 0.2) is 0 Å². The van der Waals surface area contributed by atoms with E-state index >= 15 is 0 Å². The van der Waals surface area contributed by atoms with E-state index in [2.05, 4.69) is 36.3 Å². The lowest BCUT2D eigenvalue weighted by Gasteiger charge is -2.15. The monoisotopic (exact) mass is 422 g/mol. The highest BCUT2D eigenvalue weighted by Gasteiger charge is 2.10. The van der Waals surface area contributed by atoms with Crippen molar-refractivity contribution in [3.63, 3.8) is 0 Å². The van der Waals surface area contributed by atoms with Gasteiger partial charge in [-0.2, -0.15) is 0 Å². The van der Waals surface area contributed by atoms with Crippen LogP contribution >= 0.6 is 24.8 Å². The Morgan fingerprint density at radius 2 is 1.71 bits per heavy atom. The van der Waals surface area contributed by atoms with Gasteiger partial charge in [-0.05, 0) is 29.2 Å². The van der Waals surface area contributed by atoms with Crippen molar-refractivity contribution in [3.8, 4) is 0 Å². The zero-order chi connectivity index (χ0) is 18.5. The van der Waals surface area contributed by atoms with Gasteiger partial charge in [0.25, 0.3) is 0 Å². The molecule has 0 saturated carbocycles. The second kappa shape index (κ2) is 11.1. The van der Waals surface area contributed by atoms with Crippen LogP contribution in [-0.2, 0) is 11.3 Å². The minimum Gasteiger partial charge on any atom is -0.354 e. The average molecular weight is 423 g/mol. The number of carbonyl (C=O) groups is 1. The molecular formula is C21H28Cl2N4O. The summed E-state index contributed by atoms with van der Waals surface area (Å²) in [4.78, 5) is 16.5. The molecular weight excluding hydrogens is 395 g/mol. The van der Waals surface area contributed by atoms with Crippen LogP contribution in [0.25, 0.3) is 11.0 Å². The van der Waals surface area contributed by atoms with Crippen molar-refractivity contribution in [1.29, 1.82) is 0 Å². The third-order valence-corrected chi connectivity index (χ3v) is 4.66. The highest BCUT2D eigenvalue weighted by molar-refractivity contribution is 5.85. The molecule has 1 aromatic heterocycles. The first-order valence-corrected chi connectivity index (χ1v) is 9.06. The van der Waals surface area contributed by atoms with E-state index in [-0.39, 0.29) is 36.8 Å². The summed E-state index contributed by atoms with van der Waals surface area (Å²) < 4.78 is 2.00. The van der Waals surface area contributed by atoms with Gasteiger partial charge in [0, 0.05) is 25.6 Å². The second-order valence-corrected chi connectivity index (χ2v) is 6.91. The summed E-state index contributed by atoms with van der Waals surface area (Å²) in [6.07, 6.45) is 2.18. The molecule has 7 heteroatoms. The topological polar surface area (TPSA) is 72.9 Å². The molecule has 0 aliphatic carbocycles. The summed E-state index contributed by atoms with van der Waals surface area (Å²) in [5, 5.41) is 2.93. The minimum absolute atomic E-state index is 0. The Hall–Kier alpha value is -2.08. The Bertz CT molecular complexity index is 878. The molecule has 28 heavy (non-hydrogen) atoms. The van der Waals surface area contributed by atoms with Gasteiger partial charge in [0.05, 0.1) is 17.4 Å². The molecule has 0 bridgehead atoms. The fraction of sp³-hybridized carbons (Fsp3) is 0.333. The molecule has 3 N–H and O–H groups in total. The van der Waals surface area contributed by atoms with Gasteiger partial charge in [-0.3, -0.25) is 4.79 Å². The SMILES string of the molecule is CC(C)c1ccc(C(N)CNC(=O)CCn2cnc3ccccc32)cc1.Cl.Cl. The summed E-state index contributed by atoms with van der Waals surface area (Å²) in [6, 6.07) is 16.0. The van der Waals surface area contributed by atoms with Crippen molar-refractivity contribution in [2.75, 3.05) is 6.54 Å². The van der Waals surface area contributed by atoms with Crippen LogP contribution in [0, 0.1) is 0 Å². The predicted molar refractivity (Wildman–Crippen MR) is 119 cm³/mol. The number of rotatable bonds is 7. The number of imidazole rings is 1. The van der Waals surface area contributed by atoms with E-state index in [9.17, 15) is 4.79 Å². The highest BCUT2D eigenvalue weighted by Crippen LogP contribution is 2.17. The standard InChI is InChI=1S/C21H26N4O.2ClH/c1-15(2)16-7-9-17(10-8-16)18(22)13-23-21(26)11-12-25-14-24-19-5-3-4-6-20(19)25;;/h3-10,14-15,18H,11-13,22H2,1-2H3,(H,23,26);2*1H. The van der Waals surface area contributed by atoms with Crippen LogP contribution in [0.1, 0.15) is 43.4 Å². The van der Waals surface area contributed by atoms with Gasteiger partial charge in [-0.1, -0.05) is 50.2 Å². The molecule has 0 saturated heterocycles. The van der Waals surface area contributed by atoms with Crippen molar-refractivity contribution in [1.82, 2.24) is 14.9 Å². The van der Waals surface area contributed by atoms with Gasteiger partial charge >= 0.3 is 0 Å². The van der Waals surface area contributed by atoms with Gasteiger partial charge in [-0.25, -0.2) is 4.98 Å². The number of nitrogens with two attached hydrogens (primary N) is 1. The minimum atomic E-state index is -0.200. The molecule has 0 spiro atoms. The van der Waals surface area contributed by atoms with Gasteiger partial charge < -0.3 is 15.6 Å². The van der Waals surface area contributed by atoms with Gasteiger partial charge in [-0.15, -0.1) is 24.8 Å². The first kappa shape index (κ1) is 24.0. The summed E-state index contributed by atoms with van der Waals surface area (Å²) in [5.41, 5.74) is 10.5. The van der Waals surface area contributed by atoms with Crippen LogP contribution in [0.2, 0.25) is 0 Å². The summed E-state index contributed by atoms with van der Waals surface area (Å²) >= 11 is 0. The van der Waals surface area contributed by atoms with E-state index in [1.165, 1.54) is 5.56 Å². The lowest BCUT2D eigenvalue weighted by Crippen LogP contribution is -2.32. The average Bonchev–Trinajstić information content (AvgIpc) is 3.07. The normalized spacial score (nSPS) is 11.6. The Morgan fingerprint density at radius 1 is 1.07 bits per heavy atom. The van der Waals surface area contributed by atoms with Crippen LogP contribution in [-0.4, -0.2) is 22.0 Å². The van der Waals surface area contributed by atoms with E-state index < -0.39 is 0 Å². The molecule has 0 aliphatic heterocycles. The third kappa shape index (κ3) is 5.96. The number of hydrogen-bond donors (Lipinski definition) is 2. The molecule has 5 nitrogen and oxygen atoms in total. The maximum absolute atomic E-state index is 12.2. The van der Waals surface area contributed by atoms with E-state index in [1.54, 1.807) is 6.33 Å². The molecule has 1 amide bonds. The number of aromatic nitrogens is 2. The van der Waals surface area contributed by atoms with Crippen LogP contribution in [0.5, 0.6) is 0 Å². The molecule has 152 valence electrons. The Morgan fingerprint density at radius 3 is 2.39 bits per heavy atom. The molecule has 3 rings (SSSR count). The van der Waals surface area contributed by atoms with Crippen LogP contribution in [0.4, 0.5) is 0 Å². The smallest absolute Gasteiger partial charge is 0.221 e. The molecule has 1 atom stereocenters.